The molecule has 1 aliphatic heterocycles. The Morgan fingerprint density at radius 1 is 1.55 bits per heavy atom. The molecule has 0 bridgehead atoms. The minimum Gasteiger partial charge on any atom is -0.444 e. The van der Waals surface area contributed by atoms with Gasteiger partial charge >= 0.3 is 6.09 Å². The van der Waals surface area contributed by atoms with E-state index >= 15 is 0 Å². The van der Waals surface area contributed by atoms with Crippen molar-refractivity contribution in [2.24, 2.45) is 11.0 Å². The monoisotopic (exact) mass is 312 g/mol. The lowest BCUT2D eigenvalue weighted by molar-refractivity contribution is 0.00742. The largest absolute Gasteiger partial charge is 0.444 e. The first kappa shape index (κ1) is 18.6. The van der Waals surface area contributed by atoms with Crippen LogP contribution in [0.3, 0.4) is 0 Å². The molecule has 7 heteroatoms. The summed E-state index contributed by atoms with van der Waals surface area (Å²) >= 11 is 0. The number of ether oxygens (including phenoxy) is 2. The van der Waals surface area contributed by atoms with Crippen molar-refractivity contribution in [3.05, 3.63) is 10.4 Å². The molecule has 0 spiro atoms. The molecular formula is C15H28N4O3. The lowest BCUT2D eigenvalue weighted by Crippen LogP contribution is -2.46. The van der Waals surface area contributed by atoms with Gasteiger partial charge in [0.15, 0.2) is 0 Å². The topological polar surface area (TPSA) is 87.5 Å². The molecule has 2 atom stereocenters. The highest BCUT2D eigenvalue weighted by Crippen LogP contribution is 2.23. The molecule has 0 aromatic rings. The fourth-order valence-electron chi connectivity index (χ4n) is 2.67. The number of azide groups is 1. The number of hydrogen-bond donors (Lipinski definition) is 0. The smallest absolute Gasteiger partial charge is 0.410 e. The number of carbonyl (C=O) groups excluding carboxylic acids is 1. The Kier molecular flexibility index (Phi) is 7.48. The summed E-state index contributed by atoms with van der Waals surface area (Å²) in [6.45, 7) is 9.74. The molecule has 1 amide bonds. The maximum absolute atomic E-state index is 12.4. The second kappa shape index (κ2) is 8.86. The van der Waals surface area contributed by atoms with Gasteiger partial charge in [-0.05, 0) is 58.4 Å². The van der Waals surface area contributed by atoms with E-state index in [9.17, 15) is 4.79 Å². The summed E-state index contributed by atoms with van der Waals surface area (Å²) in [5, 5.41) is 3.68. The van der Waals surface area contributed by atoms with Crippen molar-refractivity contribution < 1.29 is 14.3 Å². The average Bonchev–Trinajstić information content (AvgIpc) is 2.44. The van der Waals surface area contributed by atoms with Gasteiger partial charge < -0.3 is 14.4 Å². The van der Waals surface area contributed by atoms with Gasteiger partial charge in [-0.3, -0.25) is 0 Å². The maximum atomic E-state index is 12.4. The predicted molar refractivity (Wildman–Crippen MR) is 84.6 cm³/mol. The van der Waals surface area contributed by atoms with Crippen LogP contribution in [0.15, 0.2) is 5.11 Å². The first-order valence-electron chi connectivity index (χ1n) is 7.95. The third-order valence-corrected chi connectivity index (χ3v) is 3.63. The zero-order chi connectivity index (χ0) is 16.6. The van der Waals surface area contributed by atoms with Gasteiger partial charge in [0, 0.05) is 37.3 Å². The zero-order valence-corrected chi connectivity index (χ0v) is 14.1. The van der Waals surface area contributed by atoms with Gasteiger partial charge in [0.25, 0.3) is 0 Å². The molecule has 1 heterocycles. The van der Waals surface area contributed by atoms with Crippen molar-refractivity contribution in [1.82, 2.24) is 4.90 Å². The molecule has 1 fully saturated rings. The van der Waals surface area contributed by atoms with Crippen LogP contribution in [0.25, 0.3) is 10.4 Å². The Bertz CT molecular complexity index is 396. The first-order chi connectivity index (χ1) is 10.4. The van der Waals surface area contributed by atoms with E-state index in [1.165, 1.54) is 0 Å². The van der Waals surface area contributed by atoms with Crippen molar-refractivity contribution in [1.29, 1.82) is 0 Å². The normalized spacial score (nSPS) is 19.9. The quantitative estimate of drug-likeness (QED) is 0.425. The number of likely N-dealkylation sites (N-methyl/N-ethyl adjacent to an activating group) is 1. The molecule has 0 radical (unpaired) electrons. The van der Waals surface area contributed by atoms with E-state index in [0.29, 0.717) is 19.1 Å². The summed E-state index contributed by atoms with van der Waals surface area (Å²) in [6, 6.07) is -0.151. The van der Waals surface area contributed by atoms with Gasteiger partial charge in [-0.15, -0.1) is 0 Å². The van der Waals surface area contributed by atoms with E-state index in [2.05, 4.69) is 10.0 Å². The summed E-state index contributed by atoms with van der Waals surface area (Å²) in [7, 11) is 0. The van der Waals surface area contributed by atoms with Crippen LogP contribution in [0.1, 0.15) is 47.0 Å². The molecular weight excluding hydrogens is 284 g/mol. The summed E-state index contributed by atoms with van der Waals surface area (Å²) in [6.07, 6.45) is 2.53. The molecule has 0 aromatic carbocycles. The van der Waals surface area contributed by atoms with E-state index in [0.717, 1.165) is 25.9 Å². The van der Waals surface area contributed by atoms with Crippen LogP contribution < -0.4 is 0 Å². The Labute approximate surface area is 132 Å². The molecule has 0 unspecified atom stereocenters. The summed E-state index contributed by atoms with van der Waals surface area (Å²) < 4.78 is 11.0. The molecule has 0 aromatic heterocycles. The Morgan fingerprint density at radius 3 is 2.77 bits per heavy atom. The predicted octanol–water partition coefficient (Wildman–Crippen LogP) is 3.74. The molecule has 22 heavy (non-hydrogen) atoms. The zero-order valence-electron chi connectivity index (χ0n) is 14.1. The number of hydrogen-bond acceptors (Lipinski definition) is 4. The van der Waals surface area contributed by atoms with Gasteiger partial charge in [-0.1, -0.05) is 5.11 Å². The van der Waals surface area contributed by atoms with Crippen LogP contribution in [-0.4, -0.2) is 48.9 Å². The van der Waals surface area contributed by atoms with Crippen molar-refractivity contribution in [3.8, 4) is 0 Å². The highest BCUT2D eigenvalue weighted by molar-refractivity contribution is 5.68. The highest BCUT2D eigenvalue weighted by Gasteiger charge is 2.29. The molecule has 1 aliphatic rings. The van der Waals surface area contributed by atoms with E-state index in [1.54, 1.807) is 4.90 Å². The Morgan fingerprint density at radius 2 is 2.27 bits per heavy atom. The van der Waals surface area contributed by atoms with E-state index in [-0.39, 0.29) is 18.7 Å². The van der Waals surface area contributed by atoms with E-state index < -0.39 is 5.60 Å². The molecule has 1 rings (SSSR count). The summed E-state index contributed by atoms with van der Waals surface area (Å²) in [4.78, 5) is 16.9. The standard InChI is InChI=1S/C15H28N4O3/c1-5-19(14(20)22-15(2,3)4)13(10-17-18-16)9-12-7-6-8-21-11-12/h12-13H,5-11H2,1-4H3/t12-,13+/m1/s1. The molecule has 0 N–H and O–H groups in total. The van der Waals surface area contributed by atoms with Gasteiger partial charge in [-0.2, -0.15) is 0 Å². The highest BCUT2D eigenvalue weighted by atomic mass is 16.6. The SMILES string of the molecule is CCN(C(=O)OC(C)(C)C)[C@H](CN=[N+]=[N-])C[C@H]1CCCOC1. The van der Waals surface area contributed by atoms with Gasteiger partial charge in [0.2, 0.25) is 0 Å². The third kappa shape index (κ3) is 6.54. The molecule has 0 aliphatic carbocycles. The Balaban J connectivity index is 2.76. The van der Waals surface area contributed by atoms with Crippen molar-refractivity contribution in [3.63, 3.8) is 0 Å². The molecule has 126 valence electrons. The lowest BCUT2D eigenvalue weighted by Gasteiger charge is -2.34. The van der Waals surface area contributed by atoms with Gasteiger partial charge in [0.05, 0.1) is 0 Å². The molecule has 7 nitrogen and oxygen atoms in total. The minimum absolute atomic E-state index is 0.151. The van der Waals surface area contributed by atoms with Crippen LogP contribution in [0.4, 0.5) is 4.79 Å². The third-order valence-electron chi connectivity index (χ3n) is 3.63. The van der Waals surface area contributed by atoms with Crippen molar-refractivity contribution in [2.45, 2.75) is 58.6 Å². The number of nitrogens with zero attached hydrogens (tertiary/aromatic N) is 4. The average molecular weight is 312 g/mol. The lowest BCUT2D eigenvalue weighted by atomic mass is 9.93. The maximum Gasteiger partial charge on any atom is 0.410 e. The first-order valence-corrected chi connectivity index (χ1v) is 7.95. The van der Waals surface area contributed by atoms with Crippen LogP contribution in [0.2, 0.25) is 0 Å². The number of amides is 1. The van der Waals surface area contributed by atoms with Gasteiger partial charge in [-0.25, -0.2) is 4.79 Å². The fraction of sp³-hybridized carbons (Fsp3) is 0.933. The van der Waals surface area contributed by atoms with E-state index in [1.807, 2.05) is 27.7 Å². The fourth-order valence-corrected chi connectivity index (χ4v) is 2.67. The number of rotatable bonds is 6. The molecule has 0 saturated carbocycles. The van der Waals surface area contributed by atoms with Gasteiger partial charge in [0.1, 0.15) is 5.60 Å². The van der Waals surface area contributed by atoms with Crippen LogP contribution in [0, 0.1) is 5.92 Å². The van der Waals surface area contributed by atoms with Crippen LogP contribution >= 0.6 is 0 Å². The van der Waals surface area contributed by atoms with E-state index in [4.69, 9.17) is 15.0 Å². The van der Waals surface area contributed by atoms with Crippen LogP contribution in [-0.2, 0) is 9.47 Å². The Hall–Kier alpha value is -1.46. The van der Waals surface area contributed by atoms with Crippen molar-refractivity contribution >= 4 is 6.09 Å². The van der Waals surface area contributed by atoms with Crippen LogP contribution in [0.5, 0.6) is 0 Å². The summed E-state index contributed by atoms with van der Waals surface area (Å²) in [5.41, 5.74) is 8.06. The minimum atomic E-state index is -0.540. The second-order valence-corrected chi connectivity index (χ2v) is 6.65. The van der Waals surface area contributed by atoms with Crippen molar-refractivity contribution in [2.75, 3.05) is 26.3 Å². The number of carbonyl (C=O) groups is 1. The summed E-state index contributed by atoms with van der Waals surface area (Å²) in [5.74, 6) is 0.393. The second-order valence-electron chi connectivity index (χ2n) is 6.65. The molecule has 1 saturated heterocycles.